The van der Waals surface area contributed by atoms with E-state index in [1.165, 1.54) is 6.92 Å². The van der Waals surface area contributed by atoms with E-state index < -0.39 is 0 Å². The van der Waals surface area contributed by atoms with Gasteiger partial charge in [-0.05, 0) is 48.2 Å². The second-order valence-corrected chi connectivity index (χ2v) is 8.09. The number of rotatable bonds is 8. The number of nitrogens with one attached hydrogen (secondary N) is 3. The Labute approximate surface area is 177 Å². The van der Waals surface area contributed by atoms with E-state index in [2.05, 4.69) is 44.7 Å². The van der Waals surface area contributed by atoms with Gasteiger partial charge >= 0.3 is 0 Å². The van der Waals surface area contributed by atoms with Crippen LogP contribution in [0.3, 0.4) is 0 Å². The van der Waals surface area contributed by atoms with Crippen molar-refractivity contribution in [2.24, 2.45) is 5.41 Å². The predicted octanol–water partition coefficient (Wildman–Crippen LogP) is 4.16. The van der Waals surface area contributed by atoms with Crippen LogP contribution in [0.15, 0.2) is 54.9 Å². The number of hydrogen-bond acceptors (Lipinski definition) is 6. The summed E-state index contributed by atoms with van der Waals surface area (Å²) in [6, 6.07) is 13.8. The Morgan fingerprint density at radius 3 is 2.63 bits per heavy atom. The Kier molecular flexibility index (Phi) is 6.61. The zero-order valence-corrected chi connectivity index (χ0v) is 17.9. The average Bonchev–Trinajstić information content (AvgIpc) is 2.71. The Morgan fingerprint density at radius 2 is 1.87 bits per heavy atom. The van der Waals surface area contributed by atoms with Gasteiger partial charge in [0.2, 0.25) is 11.9 Å². The number of nitrogens with zero attached hydrogens (tertiary/aromatic N) is 3. The molecular formula is C23H28N6O. The zero-order chi connectivity index (χ0) is 21.6. The van der Waals surface area contributed by atoms with Crippen LogP contribution in [0.1, 0.15) is 26.3 Å². The highest BCUT2D eigenvalue weighted by Crippen LogP contribution is 2.26. The third kappa shape index (κ3) is 6.01. The molecule has 0 aliphatic rings. The molecule has 0 atom stereocenters. The van der Waals surface area contributed by atoms with Crippen molar-refractivity contribution in [1.82, 2.24) is 20.3 Å². The summed E-state index contributed by atoms with van der Waals surface area (Å²) < 4.78 is 0. The number of benzene rings is 1. The molecule has 0 unspecified atom stereocenters. The van der Waals surface area contributed by atoms with Gasteiger partial charge in [-0.1, -0.05) is 26.0 Å². The van der Waals surface area contributed by atoms with Crippen LogP contribution in [0.2, 0.25) is 0 Å². The molecule has 156 valence electrons. The molecule has 1 amide bonds. The fourth-order valence-corrected chi connectivity index (χ4v) is 2.92. The van der Waals surface area contributed by atoms with Crippen molar-refractivity contribution in [2.75, 3.05) is 23.7 Å². The predicted molar refractivity (Wildman–Crippen MR) is 121 cm³/mol. The van der Waals surface area contributed by atoms with Crippen molar-refractivity contribution in [3.05, 3.63) is 60.4 Å². The largest absolute Gasteiger partial charge is 0.369 e. The van der Waals surface area contributed by atoms with Crippen LogP contribution in [0, 0.1) is 12.3 Å². The topological polar surface area (TPSA) is 91.8 Å². The SMILES string of the molecule is CC(=O)NCC(C)(C)CNc1ncccc1-c1ccnc(Nc2cccc(C)c2)n1. The third-order valence-electron chi connectivity index (χ3n) is 4.56. The molecular weight excluding hydrogens is 376 g/mol. The first-order valence-electron chi connectivity index (χ1n) is 9.93. The quantitative estimate of drug-likeness (QED) is 0.522. The van der Waals surface area contributed by atoms with E-state index >= 15 is 0 Å². The van der Waals surface area contributed by atoms with E-state index in [4.69, 9.17) is 0 Å². The molecule has 0 aliphatic carbocycles. The fourth-order valence-electron chi connectivity index (χ4n) is 2.92. The van der Waals surface area contributed by atoms with Gasteiger partial charge in [-0.3, -0.25) is 4.79 Å². The van der Waals surface area contributed by atoms with Crippen LogP contribution in [-0.2, 0) is 4.79 Å². The fraction of sp³-hybridized carbons (Fsp3) is 0.304. The van der Waals surface area contributed by atoms with Crippen LogP contribution < -0.4 is 16.0 Å². The summed E-state index contributed by atoms with van der Waals surface area (Å²) in [7, 11) is 0. The maximum Gasteiger partial charge on any atom is 0.227 e. The Balaban J connectivity index is 1.77. The highest BCUT2D eigenvalue weighted by atomic mass is 16.1. The summed E-state index contributed by atoms with van der Waals surface area (Å²) in [6.45, 7) is 8.98. The molecule has 3 rings (SSSR count). The number of carbonyl (C=O) groups excluding carboxylic acids is 1. The minimum absolute atomic E-state index is 0.0313. The van der Waals surface area contributed by atoms with Crippen LogP contribution in [0.4, 0.5) is 17.5 Å². The summed E-state index contributed by atoms with van der Waals surface area (Å²) in [5, 5.41) is 9.54. The first-order chi connectivity index (χ1) is 14.3. The summed E-state index contributed by atoms with van der Waals surface area (Å²) >= 11 is 0. The molecule has 0 fully saturated rings. The van der Waals surface area contributed by atoms with Crippen molar-refractivity contribution >= 4 is 23.4 Å². The normalized spacial score (nSPS) is 11.1. The van der Waals surface area contributed by atoms with Crippen molar-refractivity contribution < 1.29 is 4.79 Å². The number of carbonyl (C=O) groups is 1. The van der Waals surface area contributed by atoms with E-state index in [1.807, 2.05) is 49.4 Å². The highest BCUT2D eigenvalue weighted by molar-refractivity contribution is 5.73. The minimum atomic E-state index is -0.135. The van der Waals surface area contributed by atoms with Crippen LogP contribution in [0.25, 0.3) is 11.3 Å². The Morgan fingerprint density at radius 1 is 1.03 bits per heavy atom. The Hall–Kier alpha value is -3.48. The van der Waals surface area contributed by atoms with E-state index in [-0.39, 0.29) is 11.3 Å². The van der Waals surface area contributed by atoms with Crippen molar-refractivity contribution in [3.8, 4) is 11.3 Å². The molecule has 2 aromatic heterocycles. The van der Waals surface area contributed by atoms with Gasteiger partial charge in [0.25, 0.3) is 0 Å². The van der Waals surface area contributed by atoms with Gasteiger partial charge in [0.05, 0.1) is 5.69 Å². The summed E-state index contributed by atoms with van der Waals surface area (Å²) in [4.78, 5) is 24.7. The van der Waals surface area contributed by atoms with Crippen LogP contribution in [-0.4, -0.2) is 33.9 Å². The molecule has 0 spiro atoms. The number of hydrogen-bond donors (Lipinski definition) is 3. The molecule has 0 aliphatic heterocycles. The standard InChI is InChI=1S/C23H28N6O/c1-16-7-5-8-18(13-16)28-22-25-12-10-20(29-22)19-9-6-11-24-21(19)27-15-23(3,4)14-26-17(2)30/h5-13H,14-15H2,1-4H3,(H,24,27)(H,26,30)(H,25,28,29). The number of aromatic nitrogens is 3. The maximum absolute atomic E-state index is 11.2. The molecule has 1 aromatic carbocycles. The van der Waals surface area contributed by atoms with Gasteiger partial charge in [-0.2, -0.15) is 0 Å². The van der Waals surface area contributed by atoms with Crippen molar-refractivity contribution in [1.29, 1.82) is 0 Å². The summed E-state index contributed by atoms with van der Waals surface area (Å²) in [5.41, 5.74) is 3.63. The molecule has 7 heteroatoms. The van der Waals surface area contributed by atoms with E-state index in [1.54, 1.807) is 12.4 Å². The monoisotopic (exact) mass is 404 g/mol. The molecule has 0 radical (unpaired) electrons. The summed E-state index contributed by atoms with van der Waals surface area (Å²) in [5.74, 6) is 1.24. The average molecular weight is 405 g/mol. The zero-order valence-electron chi connectivity index (χ0n) is 17.9. The lowest BCUT2D eigenvalue weighted by atomic mass is 9.93. The molecule has 3 N–H and O–H groups in total. The van der Waals surface area contributed by atoms with Gasteiger partial charge in [-0.15, -0.1) is 0 Å². The van der Waals surface area contributed by atoms with Gasteiger partial charge in [0, 0.05) is 43.7 Å². The molecule has 0 saturated carbocycles. The second kappa shape index (κ2) is 9.35. The lowest BCUT2D eigenvalue weighted by molar-refractivity contribution is -0.119. The Bertz CT molecular complexity index is 1020. The van der Waals surface area contributed by atoms with Crippen molar-refractivity contribution in [2.45, 2.75) is 27.7 Å². The lowest BCUT2D eigenvalue weighted by Crippen LogP contribution is -2.37. The molecule has 3 aromatic rings. The van der Waals surface area contributed by atoms with Crippen LogP contribution >= 0.6 is 0 Å². The molecule has 0 bridgehead atoms. The van der Waals surface area contributed by atoms with Gasteiger partial charge in [0.15, 0.2) is 0 Å². The van der Waals surface area contributed by atoms with Gasteiger partial charge in [-0.25, -0.2) is 15.0 Å². The van der Waals surface area contributed by atoms with E-state index in [0.29, 0.717) is 19.0 Å². The van der Waals surface area contributed by atoms with Gasteiger partial charge in [0.1, 0.15) is 5.82 Å². The first kappa shape index (κ1) is 21.2. The number of aryl methyl sites for hydroxylation is 1. The second-order valence-electron chi connectivity index (χ2n) is 8.09. The number of pyridine rings is 1. The van der Waals surface area contributed by atoms with E-state index in [0.717, 1.165) is 28.3 Å². The molecule has 2 heterocycles. The van der Waals surface area contributed by atoms with Gasteiger partial charge < -0.3 is 16.0 Å². The molecule has 30 heavy (non-hydrogen) atoms. The molecule has 0 saturated heterocycles. The highest BCUT2D eigenvalue weighted by Gasteiger charge is 2.19. The van der Waals surface area contributed by atoms with Crippen molar-refractivity contribution in [3.63, 3.8) is 0 Å². The number of anilines is 3. The molecule has 7 nitrogen and oxygen atoms in total. The van der Waals surface area contributed by atoms with E-state index in [9.17, 15) is 4.79 Å². The third-order valence-corrected chi connectivity index (χ3v) is 4.56. The first-order valence-corrected chi connectivity index (χ1v) is 9.93. The number of amides is 1. The lowest BCUT2D eigenvalue weighted by Gasteiger charge is -2.26. The maximum atomic E-state index is 11.2. The summed E-state index contributed by atoms with van der Waals surface area (Å²) in [6.07, 6.45) is 3.48. The van der Waals surface area contributed by atoms with Crippen LogP contribution in [0.5, 0.6) is 0 Å². The minimum Gasteiger partial charge on any atom is -0.369 e. The smallest absolute Gasteiger partial charge is 0.227 e.